The first kappa shape index (κ1) is 9.27. The van der Waals surface area contributed by atoms with Crippen LogP contribution in [0.25, 0.3) is 0 Å². The van der Waals surface area contributed by atoms with Gasteiger partial charge >= 0.3 is 0 Å². The quantitative estimate of drug-likeness (QED) is 0.778. The first-order valence-electron chi connectivity index (χ1n) is 4.50. The molecule has 14 heavy (non-hydrogen) atoms. The van der Waals surface area contributed by atoms with E-state index in [0.717, 1.165) is 0 Å². The van der Waals surface area contributed by atoms with E-state index in [2.05, 4.69) is 0 Å². The lowest BCUT2D eigenvalue weighted by molar-refractivity contribution is 0.174. The van der Waals surface area contributed by atoms with Crippen LogP contribution in [0.5, 0.6) is 11.5 Å². The Hall–Kier alpha value is -1.29. The molecule has 2 N–H and O–H groups in total. The molecule has 0 spiro atoms. The fourth-order valence-corrected chi connectivity index (χ4v) is 1.46. The molecule has 1 aliphatic heterocycles. The highest BCUT2D eigenvalue weighted by atomic mass is 18.2. The van der Waals surface area contributed by atoms with Gasteiger partial charge < -0.3 is 15.2 Å². The van der Waals surface area contributed by atoms with Crippen molar-refractivity contribution in [1.29, 1.82) is 0 Å². The van der Waals surface area contributed by atoms with E-state index < -0.39 is 0 Å². The summed E-state index contributed by atoms with van der Waals surface area (Å²) in [4.78, 5) is 0. The van der Waals surface area contributed by atoms with Crippen molar-refractivity contribution in [1.82, 2.24) is 0 Å². The summed E-state index contributed by atoms with van der Waals surface area (Å²) >= 11 is 0. The zero-order valence-corrected chi connectivity index (χ0v) is 7.92. The number of rotatable bonds is 2. The van der Waals surface area contributed by atoms with Gasteiger partial charge in [0, 0.05) is 12.1 Å². The number of ether oxygens (including phenoxy) is 2. The van der Waals surface area contributed by atoms with Crippen molar-refractivity contribution >= 4 is 0 Å². The van der Waals surface area contributed by atoms with Gasteiger partial charge in [-0.2, -0.15) is 0 Å². The SMILES string of the molecule is CC(N)Cc1cc2c(cc1[18F])OCO2. The molecule has 1 unspecified atom stereocenters. The van der Waals surface area contributed by atoms with Crippen LogP contribution in [-0.4, -0.2) is 12.8 Å². The van der Waals surface area contributed by atoms with Gasteiger partial charge in [-0.3, -0.25) is 0 Å². The van der Waals surface area contributed by atoms with Gasteiger partial charge in [0.05, 0.1) is 0 Å². The highest BCUT2D eigenvalue weighted by Crippen LogP contribution is 2.34. The van der Waals surface area contributed by atoms with E-state index in [9.17, 15) is 4.39 Å². The molecule has 0 bridgehead atoms. The highest BCUT2D eigenvalue weighted by Gasteiger charge is 2.17. The Kier molecular flexibility index (Phi) is 2.29. The summed E-state index contributed by atoms with van der Waals surface area (Å²) in [5.74, 6) is 0.782. The summed E-state index contributed by atoms with van der Waals surface area (Å²) < 4.78 is 23.6. The van der Waals surface area contributed by atoms with Crippen LogP contribution in [0.4, 0.5) is 4.39 Å². The lowest BCUT2D eigenvalue weighted by atomic mass is 10.1. The second-order valence-corrected chi connectivity index (χ2v) is 3.48. The van der Waals surface area contributed by atoms with Gasteiger partial charge in [0.25, 0.3) is 0 Å². The van der Waals surface area contributed by atoms with E-state index in [1.54, 1.807) is 6.07 Å². The highest BCUT2D eigenvalue weighted by molar-refractivity contribution is 5.45. The number of nitrogens with two attached hydrogens (primary N) is 1. The Labute approximate surface area is 81.6 Å². The maximum atomic E-state index is 13.4. The van der Waals surface area contributed by atoms with Gasteiger partial charge in [0.2, 0.25) is 6.79 Å². The van der Waals surface area contributed by atoms with E-state index in [4.69, 9.17) is 15.2 Å². The largest absolute Gasteiger partial charge is 0.454 e. The second kappa shape index (κ2) is 3.46. The molecule has 0 aliphatic carbocycles. The molecule has 1 aromatic rings. The molecule has 0 aromatic heterocycles. The van der Waals surface area contributed by atoms with Gasteiger partial charge in [0.15, 0.2) is 11.5 Å². The van der Waals surface area contributed by atoms with Crippen LogP contribution in [0.15, 0.2) is 12.1 Å². The van der Waals surface area contributed by atoms with Crippen molar-refractivity contribution in [3.63, 3.8) is 0 Å². The van der Waals surface area contributed by atoms with E-state index in [1.807, 2.05) is 6.92 Å². The van der Waals surface area contributed by atoms with E-state index in [-0.39, 0.29) is 18.7 Å². The van der Waals surface area contributed by atoms with Crippen LogP contribution in [-0.2, 0) is 6.42 Å². The first-order chi connectivity index (χ1) is 6.66. The van der Waals surface area contributed by atoms with Crippen LogP contribution in [0.1, 0.15) is 12.5 Å². The third-order valence-electron chi connectivity index (χ3n) is 2.08. The van der Waals surface area contributed by atoms with Crippen molar-refractivity contribution in [3.8, 4) is 11.5 Å². The van der Waals surface area contributed by atoms with Crippen LogP contribution in [0, 0.1) is 5.82 Å². The molecule has 0 fully saturated rings. The van der Waals surface area contributed by atoms with Crippen molar-refractivity contribution in [2.75, 3.05) is 6.79 Å². The first-order valence-corrected chi connectivity index (χ1v) is 4.50. The molecule has 1 heterocycles. The lowest BCUT2D eigenvalue weighted by Crippen LogP contribution is -2.18. The zero-order chi connectivity index (χ0) is 10.1. The number of benzene rings is 1. The summed E-state index contributed by atoms with van der Waals surface area (Å²) in [6.45, 7) is 2.00. The molecule has 4 heteroatoms. The van der Waals surface area contributed by atoms with Gasteiger partial charge in [-0.25, -0.2) is 4.39 Å². The molecule has 1 aliphatic rings. The monoisotopic (exact) mass is 196 g/mol. The van der Waals surface area contributed by atoms with Gasteiger partial charge in [0.1, 0.15) is 5.82 Å². The Morgan fingerprint density at radius 2 is 2.07 bits per heavy atom. The molecular formula is C10H12FNO2. The summed E-state index contributed by atoms with van der Waals surface area (Å²) in [6, 6.07) is 2.94. The summed E-state index contributed by atoms with van der Waals surface area (Å²) in [7, 11) is 0. The molecule has 1 aromatic carbocycles. The molecule has 0 radical (unpaired) electrons. The molecule has 76 valence electrons. The molecule has 0 saturated heterocycles. The van der Waals surface area contributed by atoms with E-state index >= 15 is 0 Å². The van der Waals surface area contributed by atoms with Gasteiger partial charge in [-0.05, 0) is 25.0 Å². The fourth-order valence-electron chi connectivity index (χ4n) is 1.46. The Balaban J connectivity index is 2.32. The molecule has 2 rings (SSSR count). The van der Waals surface area contributed by atoms with Crippen LogP contribution in [0.2, 0.25) is 0 Å². The fraction of sp³-hybridized carbons (Fsp3) is 0.400. The lowest BCUT2D eigenvalue weighted by Gasteiger charge is -2.07. The van der Waals surface area contributed by atoms with Crippen molar-refractivity contribution in [2.24, 2.45) is 5.73 Å². The van der Waals surface area contributed by atoms with Gasteiger partial charge in [-0.1, -0.05) is 0 Å². The molecule has 3 nitrogen and oxygen atoms in total. The minimum atomic E-state index is -0.286. The molecule has 0 amide bonds. The predicted molar refractivity (Wildman–Crippen MR) is 49.9 cm³/mol. The van der Waals surface area contributed by atoms with E-state index in [1.165, 1.54) is 6.07 Å². The Bertz CT molecular complexity index is 352. The van der Waals surface area contributed by atoms with Crippen LogP contribution in [0.3, 0.4) is 0 Å². The second-order valence-electron chi connectivity index (χ2n) is 3.48. The molecule has 1 atom stereocenters. The molecular weight excluding hydrogens is 184 g/mol. The smallest absolute Gasteiger partial charge is 0.231 e. The number of hydrogen-bond donors (Lipinski definition) is 1. The number of fused-ring (bicyclic) bond motifs is 1. The van der Waals surface area contributed by atoms with Crippen molar-refractivity contribution in [3.05, 3.63) is 23.5 Å². The maximum Gasteiger partial charge on any atom is 0.231 e. The van der Waals surface area contributed by atoms with Crippen molar-refractivity contribution < 1.29 is 13.9 Å². The van der Waals surface area contributed by atoms with E-state index in [0.29, 0.717) is 23.5 Å². The molecule has 0 saturated carbocycles. The topological polar surface area (TPSA) is 44.5 Å². The average molecular weight is 196 g/mol. The number of hydrogen-bond acceptors (Lipinski definition) is 3. The standard InChI is InChI=1S/C10H12FNO2/c1-6(12)2-7-3-9-10(4-8(7)11)14-5-13-9/h3-4,6H,2,5,12H2,1H3/i11-1. The predicted octanol–water partition coefficient (Wildman–Crippen LogP) is 1.44. The third-order valence-corrected chi connectivity index (χ3v) is 2.08. The third kappa shape index (κ3) is 1.65. The van der Waals surface area contributed by atoms with Crippen LogP contribution < -0.4 is 15.2 Å². The number of halogens is 1. The Morgan fingerprint density at radius 1 is 1.43 bits per heavy atom. The normalized spacial score (nSPS) is 15.6. The van der Waals surface area contributed by atoms with Gasteiger partial charge in [-0.15, -0.1) is 0 Å². The minimum absolute atomic E-state index is 0.0649. The zero-order valence-electron chi connectivity index (χ0n) is 7.92. The summed E-state index contributed by atoms with van der Waals surface area (Å²) in [5.41, 5.74) is 6.17. The average Bonchev–Trinajstić information content (AvgIpc) is 2.51. The maximum absolute atomic E-state index is 13.4. The minimum Gasteiger partial charge on any atom is -0.454 e. The Morgan fingerprint density at radius 3 is 2.71 bits per heavy atom. The summed E-state index contributed by atoms with van der Waals surface area (Å²) in [6.07, 6.45) is 0.502. The van der Waals surface area contributed by atoms with Crippen molar-refractivity contribution in [2.45, 2.75) is 19.4 Å². The summed E-state index contributed by atoms with van der Waals surface area (Å²) in [5, 5.41) is 0. The van der Waals surface area contributed by atoms with Crippen LogP contribution >= 0.6 is 0 Å².